The summed E-state index contributed by atoms with van der Waals surface area (Å²) < 4.78 is 7.44. The van der Waals surface area contributed by atoms with E-state index in [1.165, 1.54) is 10.6 Å². The number of aromatic nitrogens is 1. The first-order chi connectivity index (χ1) is 9.54. The molecule has 0 saturated carbocycles. The zero-order valence-electron chi connectivity index (χ0n) is 11.2. The van der Waals surface area contributed by atoms with Crippen LogP contribution in [0.4, 0.5) is 0 Å². The Morgan fingerprint density at radius 1 is 1.30 bits per heavy atom. The highest BCUT2D eigenvalue weighted by atomic mass is 79.9. The van der Waals surface area contributed by atoms with Gasteiger partial charge in [-0.05, 0) is 48.0 Å². The summed E-state index contributed by atoms with van der Waals surface area (Å²) in [5.41, 5.74) is 0.469. The van der Waals surface area contributed by atoms with Gasteiger partial charge in [-0.3, -0.25) is 4.79 Å². The summed E-state index contributed by atoms with van der Waals surface area (Å²) in [7, 11) is 0. The number of carbonyl (C=O) groups is 1. The van der Waals surface area contributed by atoms with Crippen LogP contribution in [0.2, 0.25) is 0 Å². The number of benzene rings is 1. The molecule has 0 saturated heterocycles. The maximum Gasteiger partial charge on any atom is 0.349 e. The van der Waals surface area contributed by atoms with E-state index in [-0.39, 0.29) is 11.1 Å². The van der Waals surface area contributed by atoms with E-state index < -0.39 is 5.97 Å². The first-order valence-corrected chi connectivity index (χ1v) is 7.01. The number of halogens is 1. The number of pyridine rings is 1. The molecule has 5 heteroatoms. The molecule has 1 aromatic heterocycles. The van der Waals surface area contributed by atoms with Crippen molar-refractivity contribution in [1.29, 1.82) is 0 Å². The van der Waals surface area contributed by atoms with Gasteiger partial charge in [-0.2, -0.15) is 0 Å². The normalized spacial score (nSPS) is 10.3. The van der Waals surface area contributed by atoms with Gasteiger partial charge in [-0.1, -0.05) is 18.2 Å². The van der Waals surface area contributed by atoms with E-state index in [1.54, 1.807) is 24.3 Å². The molecule has 0 unspecified atom stereocenters. The van der Waals surface area contributed by atoms with Gasteiger partial charge in [0.2, 0.25) is 0 Å². The molecule has 0 aliphatic heterocycles. The molecule has 0 amide bonds. The zero-order chi connectivity index (χ0) is 14.7. The van der Waals surface area contributed by atoms with E-state index in [0.717, 1.165) is 5.69 Å². The summed E-state index contributed by atoms with van der Waals surface area (Å²) in [6.45, 7) is 4.17. The summed E-state index contributed by atoms with van der Waals surface area (Å²) >= 11 is 3.36. The Morgan fingerprint density at radius 2 is 1.95 bits per heavy atom. The molecule has 2 aromatic rings. The molecule has 0 fully saturated rings. The fourth-order valence-electron chi connectivity index (χ4n) is 1.90. The Hall–Kier alpha value is -1.88. The van der Waals surface area contributed by atoms with E-state index in [0.29, 0.717) is 16.8 Å². The molecule has 0 radical (unpaired) electrons. The predicted octanol–water partition coefficient (Wildman–Crippen LogP) is 3.16. The van der Waals surface area contributed by atoms with Crippen LogP contribution in [0.1, 0.15) is 23.0 Å². The Labute approximate surface area is 125 Å². The summed E-state index contributed by atoms with van der Waals surface area (Å²) in [5.74, 6) is -0.235. The van der Waals surface area contributed by atoms with Crippen molar-refractivity contribution in [2.24, 2.45) is 0 Å². The Balaban J connectivity index is 2.41. The highest BCUT2D eigenvalue weighted by Gasteiger charge is 2.17. The quantitative estimate of drug-likeness (QED) is 0.639. The van der Waals surface area contributed by atoms with Gasteiger partial charge in [0, 0.05) is 16.7 Å². The highest BCUT2D eigenvalue weighted by Crippen LogP contribution is 2.17. The third-order valence-electron chi connectivity index (χ3n) is 2.99. The first-order valence-electron chi connectivity index (χ1n) is 6.21. The van der Waals surface area contributed by atoms with Crippen molar-refractivity contribution >= 4 is 21.9 Å². The molecule has 1 aromatic carbocycles. The van der Waals surface area contributed by atoms with Crippen LogP contribution in [0.3, 0.4) is 0 Å². The highest BCUT2D eigenvalue weighted by molar-refractivity contribution is 9.10. The first kappa shape index (κ1) is 14.5. The van der Waals surface area contributed by atoms with Crippen LogP contribution >= 0.6 is 15.9 Å². The van der Waals surface area contributed by atoms with E-state index in [4.69, 9.17) is 4.74 Å². The van der Waals surface area contributed by atoms with Gasteiger partial charge in [-0.15, -0.1) is 0 Å². The summed E-state index contributed by atoms with van der Waals surface area (Å²) in [5, 5.41) is 0. The van der Waals surface area contributed by atoms with Crippen LogP contribution in [0.5, 0.6) is 5.75 Å². The van der Waals surface area contributed by atoms with E-state index in [1.807, 2.05) is 19.9 Å². The maximum absolute atomic E-state index is 12.2. The van der Waals surface area contributed by atoms with E-state index in [9.17, 15) is 9.59 Å². The lowest BCUT2D eigenvalue weighted by Crippen LogP contribution is -2.29. The molecular weight excluding hydrogens is 322 g/mol. The van der Waals surface area contributed by atoms with Crippen molar-refractivity contribution in [3.63, 3.8) is 0 Å². The van der Waals surface area contributed by atoms with Gasteiger partial charge in [0.1, 0.15) is 11.3 Å². The molecule has 1 heterocycles. The minimum atomic E-state index is -0.649. The Morgan fingerprint density at radius 3 is 2.55 bits per heavy atom. The Bertz CT molecular complexity index is 692. The van der Waals surface area contributed by atoms with Crippen LogP contribution < -0.4 is 10.3 Å². The lowest BCUT2D eigenvalue weighted by atomic mass is 10.2. The van der Waals surface area contributed by atoms with Crippen LogP contribution in [0.15, 0.2) is 45.7 Å². The van der Waals surface area contributed by atoms with Crippen molar-refractivity contribution in [2.75, 3.05) is 0 Å². The van der Waals surface area contributed by atoms with Gasteiger partial charge >= 0.3 is 5.97 Å². The fourth-order valence-corrected chi connectivity index (χ4v) is 2.34. The van der Waals surface area contributed by atoms with Gasteiger partial charge in [0.15, 0.2) is 0 Å². The number of esters is 1. The SMILES string of the molecule is CCn1c(C)c(Br)cc(C(=O)Oc2ccccc2)c1=O. The van der Waals surface area contributed by atoms with Crippen molar-refractivity contribution in [3.05, 3.63) is 62.5 Å². The molecule has 0 bridgehead atoms. The van der Waals surface area contributed by atoms with Crippen molar-refractivity contribution in [3.8, 4) is 5.75 Å². The lowest BCUT2D eigenvalue weighted by Gasteiger charge is -2.11. The minimum Gasteiger partial charge on any atom is -0.423 e. The fraction of sp³-hybridized carbons (Fsp3) is 0.200. The summed E-state index contributed by atoms with van der Waals surface area (Å²) in [4.78, 5) is 24.4. The number of carbonyl (C=O) groups excluding carboxylic acids is 1. The van der Waals surface area contributed by atoms with Crippen LogP contribution in [-0.2, 0) is 6.54 Å². The largest absolute Gasteiger partial charge is 0.423 e. The topological polar surface area (TPSA) is 48.3 Å². The number of hydrogen-bond donors (Lipinski definition) is 0. The molecule has 20 heavy (non-hydrogen) atoms. The molecule has 0 atom stereocenters. The average molecular weight is 336 g/mol. The van der Waals surface area contributed by atoms with Gasteiger partial charge in [0.25, 0.3) is 5.56 Å². The van der Waals surface area contributed by atoms with E-state index >= 15 is 0 Å². The monoisotopic (exact) mass is 335 g/mol. The van der Waals surface area contributed by atoms with Crippen LogP contribution in [0, 0.1) is 6.92 Å². The van der Waals surface area contributed by atoms with Gasteiger partial charge in [0.05, 0.1) is 0 Å². The standard InChI is InChI=1S/C15H14BrNO3/c1-3-17-10(2)13(16)9-12(14(17)18)15(19)20-11-7-5-4-6-8-11/h4-9H,3H2,1-2H3. The molecular formula is C15H14BrNO3. The maximum atomic E-state index is 12.2. The zero-order valence-corrected chi connectivity index (χ0v) is 12.8. The number of hydrogen-bond acceptors (Lipinski definition) is 3. The predicted molar refractivity (Wildman–Crippen MR) is 80.2 cm³/mol. The summed E-state index contributed by atoms with van der Waals surface area (Å²) in [6.07, 6.45) is 0. The molecule has 2 rings (SSSR count). The third kappa shape index (κ3) is 2.82. The van der Waals surface area contributed by atoms with Gasteiger partial charge in [-0.25, -0.2) is 4.79 Å². The molecule has 0 aliphatic carbocycles. The molecule has 0 N–H and O–H groups in total. The van der Waals surface area contributed by atoms with Crippen molar-refractivity contribution < 1.29 is 9.53 Å². The minimum absolute atomic E-state index is 0.0215. The van der Waals surface area contributed by atoms with Crippen LogP contribution in [0.25, 0.3) is 0 Å². The number of ether oxygens (including phenoxy) is 1. The van der Waals surface area contributed by atoms with Crippen molar-refractivity contribution in [1.82, 2.24) is 4.57 Å². The van der Waals surface area contributed by atoms with Gasteiger partial charge < -0.3 is 9.30 Å². The third-order valence-corrected chi connectivity index (χ3v) is 3.79. The van der Waals surface area contributed by atoms with E-state index in [2.05, 4.69) is 15.9 Å². The average Bonchev–Trinajstić information content (AvgIpc) is 2.44. The van der Waals surface area contributed by atoms with Crippen LogP contribution in [-0.4, -0.2) is 10.5 Å². The number of para-hydroxylation sites is 1. The lowest BCUT2D eigenvalue weighted by molar-refractivity contribution is 0.0732. The number of rotatable bonds is 3. The molecule has 4 nitrogen and oxygen atoms in total. The summed E-state index contributed by atoms with van der Waals surface area (Å²) in [6, 6.07) is 10.2. The molecule has 0 aliphatic rings. The smallest absolute Gasteiger partial charge is 0.349 e. The Kier molecular flexibility index (Phi) is 4.39. The second kappa shape index (κ2) is 6.05. The number of nitrogens with zero attached hydrogens (tertiary/aromatic N) is 1. The molecule has 104 valence electrons. The second-order valence-corrected chi connectivity index (χ2v) is 5.10. The van der Waals surface area contributed by atoms with Crippen molar-refractivity contribution in [2.45, 2.75) is 20.4 Å². The molecule has 0 spiro atoms. The second-order valence-electron chi connectivity index (χ2n) is 4.24.